The Morgan fingerprint density at radius 3 is 1.85 bits per heavy atom. The van der Waals surface area contributed by atoms with Crippen LogP contribution in [0, 0.1) is 0 Å². The summed E-state index contributed by atoms with van der Waals surface area (Å²) in [5.41, 5.74) is 1.59. The van der Waals surface area contributed by atoms with Crippen LogP contribution in [0.5, 0.6) is 0 Å². The van der Waals surface area contributed by atoms with Crippen LogP contribution in [0.2, 0.25) is 0 Å². The lowest BCUT2D eigenvalue weighted by molar-refractivity contribution is 0.0902. The van der Waals surface area contributed by atoms with Gasteiger partial charge in [0.05, 0.1) is 5.69 Å². The zero-order valence-electron chi connectivity index (χ0n) is 12.0. The Morgan fingerprint density at radius 2 is 1.35 bits per heavy atom. The summed E-state index contributed by atoms with van der Waals surface area (Å²) in [4.78, 5) is 12.8. The minimum atomic E-state index is 0.000463. The van der Waals surface area contributed by atoms with Crippen molar-refractivity contribution in [2.45, 2.75) is 13.8 Å². The standard InChI is InChI=1S/C17H20N2O/c1-3-18(4-2)19(16-13-9-6-10-14-16)17(20)15-11-7-5-8-12-15/h5-14H,3-4H2,1-2H3. The van der Waals surface area contributed by atoms with Crippen molar-refractivity contribution < 1.29 is 4.79 Å². The van der Waals surface area contributed by atoms with E-state index >= 15 is 0 Å². The molecule has 0 radical (unpaired) electrons. The highest BCUT2D eigenvalue weighted by Gasteiger charge is 2.22. The van der Waals surface area contributed by atoms with Crippen LogP contribution in [0.4, 0.5) is 5.69 Å². The molecule has 0 saturated carbocycles. The molecule has 0 unspecified atom stereocenters. The van der Waals surface area contributed by atoms with Gasteiger partial charge in [0.25, 0.3) is 5.91 Å². The van der Waals surface area contributed by atoms with E-state index in [4.69, 9.17) is 0 Å². The van der Waals surface area contributed by atoms with Crippen molar-refractivity contribution in [1.82, 2.24) is 5.01 Å². The first-order valence-corrected chi connectivity index (χ1v) is 6.97. The van der Waals surface area contributed by atoms with Gasteiger partial charge in [-0.2, -0.15) is 0 Å². The number of para-hydroxylation sites is 1. The quantitative estimate of drug-likeness (QED) is 0.774. The SMILES string of the molecule is CCN(CC)N(C(=O)c1ccccc1)c1ccccc1. The molecule has 0 bridgehead atoms. The van der Waals surface area contributed by atoms with Gasteiger partial charge in [0.15, 0.2) is 0 Å². The largest absolute Gasteiger partial charge is 0.272 e. The molecule has 2 aromatic carbocycles. The summed E-state index contributed by atoms with van der Waals surface area (Å²) in [5.74, 6) is 0.000463. The molecule has 0 atom stereocenters. The minimum absolute atomic E-state index is 0.000463. The molecule has 0 aliphatic heterocycles. The number of amides is 1. The molecule has 3 nitrogen and oxygen atoms in total. The summed E-state index contributed by atoms with van der Waals surface area (Å²) in [7, 11) is 0. The zero-order chi connectivity index (χ0) is 14.4. The van der Waals surface area contributed by atoms with Gasteiger partial charge >= 0.3 is 0 Å². The van der Waals surface area contributed by atoms with Crippen molar-refractivity contribution in [1.29, 1.82) is 0 Å². The van der Waals surface area contributed by atoms with Gasteiger partial charge in [0.1, 0.15) is 0 Å². The van der Waals surface area contributed by atoms with Crippen molar-refractivity contribution in [2.75, 3.05) is 18.1 Å². The second-order valence-corrected chi connectivity index (χ2v) is 4.46. The summed E-state index contributed by atoms with van der Waals surface area (Å²) in [5, 5.41) is 3.79. The molecule has 0 aromatic heterocycles. The molecule has 0 aliphatic carbocycles. The van der Waals surface area contributed by atoms with E-state index in [1.807, 2.05) is 65.7 Å². The van der Waals surface area contributed by atoms with Crippen LogP contribution >= 0.6 is 0 Å². The molecule has 3 heteroatoms. The molecule has 0 heterocycles. The minimum Gasteiger partial charge on any atom is -0.267 e. The van der Waals surface area contributed by atoms with Gasteiger partial charge in [-0.3, -0.25) is 4.79 Å². The highest BCUT2D eigenvalue weighted by Crippen LogP contribution is 2.19. The average molecular weight is 268 g/mol. The van der Waals surface area contributed by atoms with E-state index in [9.17, 15) is 4.79 Å². The van der Waals surface area contributed by atoms with E-state index in [-0.39, 0.29) is 5.91 Å². The second-order valence-electron chi connectivity index (χ2n) is 4.46. The summed E-state index contributed by atoms with van der Waals surface area (Å²) in [6.07, 6.45) is 0. The van der Waals surface area contributed by atoms with Crippen LogP contribution in [0.1, 0.15) is 24.2 Å². The third-order valence-electron chi connectivity index (χ3n) is 3.23. The third kappa shape index (κ3) is 3.06. The van der Waals surface area contributed by atoms with E-state index in [0.717, 1.165) is 18.8 Å². The highest BCUT2D eigenvalue weighted by molar-refractivity contribution is 6.05. The molecule has 0 aliphatic rings. The number of hydrazine groups is 1. The first-order valence-electron chi connectivity index (χ1n) is 6.97. The predicted octanol–water partition coefficient (Wildman–Crippen LogP) is 3.59. The summed E-state index contributed by atoms with van der Waals surface area (Å²) >= 11 is 0. The number of nitrogens with zero attached hydrogens (tertiary/aromatic N) is 2. The molecule has 104 valence electrons. The Morgan fingerprint density at radius 1 is 0.850 bits per heavy atom. The van der Waals surface area contributed by atoms with Crippen LogP contribution in [0.15, 0.2) is 60.7 Å². The van der Waals surface area contributed by atoms with E-state index in [1.54, 1.807) is 5.01 Å². The van der Waals surface area contributed by atoms with Crippen LogP contribution in [0.25, 0.3) is 0 Å². The fourth-order valence-corrected chi connectivity index (χ4v) is 2.19. The normalized spacial score (nSPS) is 10.6. The van der Waals surface area contributed by atoms with Crippen molar-refractivity contribution in [2.24, 2.45) is 0 Å². The topological polar surface area (TPSA) is 23.6 Å². The van der Waals surface area contributed by atoms with Crippen molar-refractivity contribution >= 4 is 11.6 Å². The Bertz CT molecular complexity index is 535. The maximum Gasteiger partial charge on any atom is 0.272 e. The zero-order valence-corrected chi connectivity index (χ0v) is 12.0. The first kappa shape index (κ1) is 14.3. The molecule has 20 heavy (non-hydrogen) atoms. The molecule has 0 saturated heterocycles. The van der Waals surface area contributed by atoms with E-state index in [1.165, 1.54) is 0 Å². The number of carbonyl (C=O) groups is 1. The average Bonchev–Trinajstić information content (AvgIpc) is 2.53. The lowest BCUT2D eigenvalue weighted by Gasteiger charge is -2.33. The van der Waals surface area contributed by atoms with Crippen LogP contribution in [-0.2, 0) is 0 Å². The Hall–Kier alpha value is -2.13. The Kier molecular flexibility index (Phi) is 4.91. The summed E-state index contributed by atoms with van der Waals surface area (Å²) < 4.78 is 0. The van der Waals surface area contributed by atoms with Gasteiger partial charge in [0.2, 0.25) is 0 Å². The van der Waals surface area contributed by atoms with Crippen LogP contribution < -0.4 is 5.01 Å². The van der Waals surface area contributed by atoms with E-state index < -0.39 is 0 Å². The molecule has 2 aromatic rings. The monoisotopic (exact) mass is 268 g/mol. The fraction of sp³-hybridized carbons (Fsp3) is 0.235. The lowest BCUT2D eigenvalue weighted by atomic mass is 10.2. The highest BCUT2D eigenvalue weighted by atomic mass is 16.2. The van der Waals surface area contributed by atoms with Crippen LogP contribution in [-0.4, -0.2) is 24.0 Å². The van der Waals surface area contributed by atoms with Crippen molar-refractivity contribution in [3.63, 3.8) is 0 Å². The third-order valence-corrected chi connectivity index (χ3v) is 3.23. The van der Waals surface area contributed by atoms with Crippen LogP contribution in [0.3, 0.4) is 0 Å². The number of rotatable bonds is 5. The number of hydrogen-bond donors (Lipinski definition) is 0. The predicted molar refractivity (Wildman–Crippen MR) is 82.6 cm³/mol. The molecule has 0 fully saturated rings. The molecule has 0 spiro atoms. The van der Waals surface area contributed by atoms with Gasteiger partial charge in [-0.1, -0.05) is 50.2 Å². The van der Waals surface area contributed by atoms with E-state index in [0.29, 0.717) is 5.56 Å². The van der Waals surface area contributed by atoms with Gasteiger partial charge in [-0.05, 0) is 24.3 Å². The molecule has 0 N–H and O–H groups in total. The number of carbonyl (C=O) groups excluding carboxylic acids is 1. The van der Waals surface area contributed by atoms with Gasteiger partial charge < -0.3 is 0 Å². The number of benzene rings is 2. The van der Waals surface area contributed by atoms with Crippen molar-refractivity contribution in [3.05, 3.63) is 66.2 Å². The number of anilines is 1. The Labute approximate surface area is 120 Å². The van der Waals surface area contributed by atoms with Gasteiger partial charge in [0, 0.05) is 18.7 Å². The molecular formula is C17H20N2O. The Balaban J connectivity index is 2.39. The van der Waals surface area contributed by atoms with Gasteiger partial charge in [-0.25, -0.2) is 10.0 Å². The maximum atomic E-state index is 12.8. The molecule has 2 rings (SSSR count). The van der Waals surface area contributed by atoms with E-state index in [2.05, 4.69) is 13.8 Å². The first-order chi connectivity index (χ1) is 9.77. The van der Waals surface area contributed by atoms with Gasteiger partial charge in [-0.15, -0.1) is 0 Å². The molecular weight excluding hydrogens is 248 g/mol. The second kappa shape index (κ2) is 6.87. The summed E-state index contributed by atoms with van der Waals surface area (Å²) in [6.45, 7) is 5.67. The smallest absolute Gasteiger partial charge is 0.267 e. The lowest BCUT2D eigenvalue weighted by Crippen LogP contribution is -2.46. The maximum absolute atomic E-state index is 12.8. The number of hydrogen-bond acceptors (Lipinski definition) is 2. The molecule has 1 amide bonds. The summed E-state index contributed by atoms with van der Waals surface area (Å²) in [6, 6.07) is 19.2. The van der Waals surface area contributed by atoms with Crippen molar-refractivity contribution in [3.8, 4) is 0 Å². The fourth-order valence-electron chi connectivity index (χ4n) is 2.19.